The van der Waals surface area contributed by atoms with E-state index in [2.05, 4.69) is 40.7 Å². The standard InChI is InChI=1S/C19H21N3OS/c1-14(21-19(23)16-8-6-15(13-20)7-9-16)18(17-5-4-12-24-17)22-10-2-3-11-22/h4-9,12,14,18H,2-3,10-11H2,1H3,(H,21,23)/t14-,18-/m0/s1. The molecule has 124 valence electrons. The van der Waals surface area contributed by atoms with Gasteiger partial charge in [-0.3, -0.25) is 9.69 Å². The number of nitriles is 1. The molecule has 24 heavy (non-hydrogen) atoms. The molecule has 1 N–H and O–H groups in total. The van der Waals surface area contributed by atoms with Crippen LogP contribution in [0.15, 0.2) is 41.8 Å². The lowest BCUT2D eigenvalue weighted by atomic mass is 10.1. The van der Waals surface area contributed by atoms with Crippen LogP contribution in [-0.2, 0) is 0 Å². The van der Waals surface area contributed by atoms with Gasteiger partial charge in [0.25, 0.3) is 5.91 Å². The highest BCUT2D eigenvalue weighted by atomic mass is 32.1. The van der Waals surface area contributed by atoms with Crippen LogP contribution in [-0.4, -0.2) is 29.9 Å². The third kappa shape index (κ3) is 3.66. The van der Waals surface area contributed by atoms with Gasteiger partial charge in [-0.25, -0.2) is 0 Å². The second-order valence-electron chi connectivity index (χ2n) is 6.15. The van der Waals surface area contributed by atoms with Crippen LogP contribution in [0, 0.1) is 11.3 Å². The molecular weight excluding hydrogens is 318 g/mol. The lowest BCUT2D eigenvalue weighted by Crippen LogP contribution is -2.43. The quantitative estimate of drug-likeness (QED) is 0.906. The van der Waals surface area contributed by atoms with Crippen molar-refractivity contribution in [1.82, 2.24) is 10.2 Å². The number of carbonyl (C=O) groups excluding carboxylic acids is 1. The smallest absolute Gasteiger partial charge is 0.251 e. The van der Waals surface area contributed by atoms with Crippen LogP contribution in [0.2, 0.25) is 0 Å². The second kappa shape index (κ2) is 7.61. The van der Waals surface area contributed by atoms with Crippen molar-refractivity contribution in [3.63, 3.8) is 0 Å². The van der Waals surface area contributed by atoms with Crippen LogP contribution in [0.5, 0.6) is 0 Å². The van der Waals surface area contributed by atoms with Crippen LogP contribution in [0.25, 0.3) is 0 Å². The number of amides is 1. The van der Waals surface area contributed by atoms with Crippen molar-refractivity contribution < 1.29 is 4.79 Å². The van der Waals surface area contributed by atoms with Gasteiger partial charge in [0.05, 0.1) is 17.7 Å². The van der Waals surface area contributed by atoms with Crippen molar-refractivity contribution in [2.24, 2.45) is 0 Å². The van der Waals surface area contributed by atoms with Crippen LogP contribution >= 0.6 is 11.3 Å². The molecule has 0 unspecified atom stereocenters. The molecule has 1 saturated heterocycles. The van der Waals surface area contributed by atoms with E-state index in [1.54, 1.807) is 35.6 Å². The van der Waals surface area contributed by atoms with E-state index in [1.807, 2.05) is 0 Å². The summed E-state index contributed by atoms with van der Waals surface area (Å²) in [6, 6.07) is 13.3. The minimum Gasteiger partial charge on any atom is -0.348 e. The van der Waals surface area contributed by atoms with Crippen molar-refractivity contribution in [1.29, 1.82) is 5.26 Å². The molecule has 1 aromatic carbocycles. The molecule has 0 aliphatic carbocycles. The molecule has 0 radical (unpaired) electrons. The maximum atomic E-state index is 12.5. The van der Waals surface area contributed by atoms with Gasteiger partial charge in [0.2, 0.25) is 0 Å². The number of carbonyl (C=O) groups is 1. The molecule has 0 spiro atoms. The Kier molecular flexibility index (Phi) is 5.29. The maximum absolute atomic E-state index is 12.5. The average Bonchev–Trinajstić information content (AvgIpc) is 3.29. The Morgan fingerprint density at radius 1 is 1.25 bits per heavy atom. The summed E-state index contributed by atoms with van der Waals surface area (Å²) in [4.78, 5) is 16.3. The maximum Gasteiger partial charge on any atom is 0.251 e. The summed E-state index contributed by atoms with van der Waals surface area (Å²) in [5.41, 5.74) is 1.15. The van der Waals surface area contributed by atoms with Crippen molar-refractivity contribution in [2.75, 3.05) is 13.1 Å². The summed E-state index contributed by atoms with van der Waals surface area (Å²) in [7, 11) is 0. The largest absolute Gasteiger partial charge is 0.348 e. The molecule has 5 heteroatoms. The molecule has 2 heterocycles. The Labute approximate surface area is 146 Å². The molecule has 4 nitrogen and oxygen atoms in total. The minimum absolute atomic E-state index is 0.0184. The molecule has 1 aliphatic heterocycles. The van der Waals surface area contributed by atoms with Crippen molar-refractivity contribution in [2.45, 2.75) is 31.8 Å². The van der Waals surface area contributed by atoms with Gasteiger partial charge in [-0.1, -0.05) is 6.07 Å². The first-order valence-electron chi connectivity index (χ1n) is 8.27. The van der Waals surface area contributed by atoms with Gasteiger partial charge < -0.3 is 5.32 Å². The van der Waals surface area contributed by atoms with E-state index in [9.17, 15) is 4.79 Å². The van der Waals surface area contributed by atoms with Gasteiger partial charge in [0.1, 0.15) is 0 Å². The number of hydrogen-bond acceptors (Lipinski definition) is 4. The number of benzene rings is 1. The van der Waals surface area contributed by atoms with Gasteiger partial charge in [-0.15, -0.1) is 11.3 Å². The fraction of sp³-hybridized carbons (Fsp3) is 0.368. The SMILES string of the molecule is C[C@H](NC(=O)c1ccc(C#N)cc1)[C@@H](c1cccs1)N1CCCC1. The minimum atomic E-state index is -0.0901. The fourth-order valence-corrected chi connectivity index (χ4v) is 4.25. The molecule has 3 rings (SSSR count). The van der Waals surface area contributed by atoms with E-state index < -0.39 is 0 Å². The van der Waals surface area contributed by atoms with Gasteiger partial charge in [0, 0.05) is 16.5 Å². The van der Waals surface area contributed by atoms with Crippen molar-refractivity contribution in [3.05, 3.63) is 57.8 Å². The molecule has 2 atom stereocenters. The number of thiophene rings is 1. The van der Waals surface area contributed by atoms with Crippen molar-refractivity contribution in [3.8, 4) is 6.07 Å². The zero-order valence-corrected chi connectivity index (χ0v) is 14.6. The molecule has 1 aliphatic rings. The van der Waals surface area contributed by atoms with E-state index in [0.717, 1.165) is 13.1 Å². The van der Waals surface area contributed by atoms with E-state index in [0.29, 0.717) is 11.1 Å². The van der Waals surface area contributed by atoms with Crippen LogP contribution < -0.4 is 5.32 Å². The van der Waals surface area contributed by atoms with Gasteiger partial charge in [-0.05, 0) is 68.6 Å². The summed E-state index contributed by atoms with van der Waals surface area (Å²) in [6.07, 6.45) is 2.44. The number of hydrogen-bond donors (Lipinski definition) is 1. The molecule has 0 bridgehead atoms. The molecule has 0 saturated carbocycles. The topological polar surface area (TPSA) is 56.1 Å². The zero-order chi connectivity index (χ0) is 16.9. The second-order valence-corrected chi connectivity index (χ2v) is 7.13. The first-order valence-corrected chi connectivity index (χ1v) is 9.15. The Balaban J connectivity index is 1.73. The normalized spacial score (nSPS) is 17.2. The van der Waals surface area contributed by atoms with Crippen molar-refractivity contribution >= 4 is 17.2 Å². The number of nitrogens with one attached hydrogen (secondary N) is 1. The number of likely N-dealkylation sites (tertiary alicyclic amines) is 1. The number of rotatable bonds is 5. The summed E-state index contributed by atoms with van der Waals surface area (Å²) in [5, 5.41) is 14.1. The third-order valence-corrected chi connectivity index (χ3v) is 5.42. The predicted octanol–water partition coefficient (Wildman–Crippen LogP) is 3.58. The highest BCUT2D eigenvalue weighted by molar-refractivity contribution is 7.10. The highest BCUT2D eigenvalue weighted by Gasteiger charge is 2.30. The van der Waals surface area contributed by atoms with E-state index >= 15 is 0 Å². The molecular formula is C19H21N3OS. The highest BCUT2D eigenvalue weighted by Crippen LogP contribution is 2.31. The van der Waals surface area contributed by atoms with E-state index in [-0.39, 0.29) is 18.0 Å². The Hall–Kier alpha value is -2.16. The summed E-state index contributed by atoms with van der Waals surface area (Å²) in [6.45, 7) is 4.24. The average molecular weight is 339 g/mol. The Bertz CT molecular complexity index is 712. The van der Waals surface area contributed by atoms with E-state index in [4.69, 9.17) is 5.26 Å². The van der Waals surface area contributed by atoms with Crippen LogP contribution in [0.3, 0.4) is 0 Å². The first-order chi connectivity index (χ1) is 11.7. The molecule has 1 amide bonds. The first kappa shape index (κ1) is 16.7. The molecule has 1 fully saturated rings. The van der Waals surface area contributed by atoms with Crippen LogP contribution in [0.4, 0.5) is 0 Å². The third-order valence-electron chi connectivity index (χ3n) is 4.48. The monoisotopic (exact) mass is 339 g/mol. The number of nitrogens with zero attached hydrogens (tertiary/aromatic N) is 2. The predicted molar refractivity (Wildman–Crippen MR) is 96.0 cm³/mol. The Morgan fingerprint density at radius 3 is 2.54 bits per heavy atom. The lowest BCUT2D eigenvalue weighted by Gasteiger charge is -2.32. The van der Waals surface area contributed by atoms with Gasteiger partial charge >= 0.3 is 0 Å². The summed E-state index contributed by atoms with van der Waals surface area (Å²) >= 11 is 1.75. The zero-order valence-electron chi connectivity index (χ0n) is 13.7. The van der Waals surface area contributed by atoms with Gasteiger partial charge in [-0.2, -0.15) is 5.26 Å². The Morgan fingerprint density at radius 2 is 1.96 bits per heavy atom. The molecule has 2 aromatic rings. The molecule has 1 aromatic heterocycles. The van der Waals surface area contributed by atoms with E-state index in [1.165, 1.54) is 17.7 Å². The summed E-state index contributed by atoms with van der Waals surface area (Å²) in [5.74, 6) is -0.0901. The summed E-state index contributed by atoms with van der Waals surface area (Å²) < 4.78 is 0. The van der Waals surface area contributed by atoms with Gasteiger partial charge in [0.15, 0.2) is 0 Å². The fourth-order valence-electron chi connectivity index (χ4n) is 3.29. The lowest BCUT2D eigenvalue weighted by molar-refractivity contribution is 0.0908. The van der Waals surface area contributed by atoms with Crippen LogP contribution in [0.1, 0.15) is 46.6 Å².